The highest BCUT2D eigenvalue weighted by molar-refractivity contribution is 7.96. The highest BCUT2D eigenvalue weighted by Crippen LogP contribution is 2.29. The summed E-state index contributed by atoms with van der Waals surface area (Å²) in [7, 11) is 0. The molecule has 0 amide bonds. The van der Waals surface area contributed by atoms with Crippen LogP contribution >= 0.6 is 11.9 Å². The summed E-state index contributed by atoms with van der Waals surface area (Å²) in [6.07, 6.45) is 5.88. The van der Waals surface area contributed by atoms with Crippen molar-refractivity contribution in [2.75, 3.05) is 30.8 Å². The molecule has 1 N–H and O–H groups in total. The van der Waals surface area contributed by atoms with Gasteiger partial charge in [-0.1, -0.05) is 18.0 Å². The summed E-state index contributed by atoms with van der Waals surface area (Å²) in [5.74, 6) is 1.06. The van der Waals surface area contributed by atoms with Gasteiger partial charge in [0.25, 0.3) is 0 Å². The van der Waals surface area contributed by atoms with Crippen LogP contribution in [0.15, 0.2) is 24.5 Å². The van der Waals surface area contributed by atoms with Gasteiger partial charge in [-0.2, -0.15) is 0 Å². The van der Waals surface area contributed by atoms with Crippen LogP contribution in [0.2, 0.25) is 0 Å². The van der Waals surface area contributed by atoms with Crippen LogP contribution in [0.25, 0.3) is 10.9 Å². The van der Waals surface area contributed by atoms with Gasteiger partial charge in [-0.25, -0.2) is 14.4 Å². The Morgan fingerprint density at radius 3 is 3.19 bits per heavy atom. The van der Waals surface area contributed by atoms with Gasteiger partial charge in [-0.15, -0.1) is 0 Å². The molecule has 4 nitrogen and oxygen atoms in total. The van der Waals surface area contributed by atoms with Crippen LogP contribution in [-0.4, -0.2) is 35.9 Å². The van der Waals surface area contributed by atoms with Gasteiger partial charge in [0, 0.05) is 19.6 Å². The summed E-state index contributed by atoms with van der Waals surface area (Å²) in [5.41, 5.74) is 0.671. The molecule has 2 aromatic rings. The number of hydrogen-bond donors (Lipinski definition) is 1. The molecule has 1 unspecified atom stereocenters. The average Bonchev–Trinajstić information content (AvgIpc) is 2.53. The average molecular weight is 306 g/mol. The zero-order valence-corrected chi connectivity index (χ0v) is 12.9. The monoisotopic (exact) mass is 306 g/mol. The van der Waals surface area contributed by atoms with E-state index in [0.29, 0.717) is 16.8 Å². The lowest BCUT2D eigenvalue weighted by Crippen LogP contribution is -2.39. The Labute approximate surface area is 128 Å². The number of hydrogen-bond acceptors (Lipinski definition) is 5. The zero-order valence-electron chi connectivity index (χ0n) is 12.1. The van der Waals surface area contributed by atoms with E-state index in [1.54, 1.807) is 18.0 Å². The Balaban J connectivity index is 1.89. The molecular weight excluding hydrogens is 287 g/mol. The van der Waals surface area contributed by atoms with E-state index >= 15 is 0 Å². The molecule has 0 saturated carbocycles. The molecule has 1 aromatic heterocycles. The first-order valence-corrected chi connectivity index (χ1v) is 8.42. The van der Waals surface area contributed by atoms with Crippen molar-refractivity contribution in [3.63, 3.8) is 0 Å². The van der Waals surface area contributed by atoms with E-state index < -0.39 is 0 Å². The molecule has 1 aromatic carbocycles. The summed E-state index contributed by atoms with van der Waals surface area (Å²) in [4.78, 5) is 10.7. The van der Waals surface area contributed by atoms with Crippen LogP contribution in [0.1, 0.15) is 12.8 Å². The Bertz CT molecular complexity index is 616. The number of aromatic nitrogens is 2. The fourth-order valence-electron chi connectivity index (χ4n) is 2.92. The first-order valence-electron chi connectivity index (χ1n) is 7.19. The second-order valence-corrected chi connectivity index (χ2v) is 6.04. The molecule has 1 saturated heterocycles. The molecule has 2 heterocycles. The van der Waals surface area contributed by atoms with Crippen LogP contribution < -0.4 is 9.62 Å². The summed E-state index contributed by atoms with van der Waals surface area (Å²) in [5, 5.41) is 0.540. The summed E-state index contributed by atoms with van der Waals surface area (Å²) in [6.45, 7) is 2.81. The molecule has 3 rings (SSSR count). The maximum absolute atomic E-state index is 14.2. The maximum Gasteiger partial charge on any atom is 0.142 e. The fourth-order valence-corrected chi connectivity index (χ4v) is 3.32. The lowest BCUT2D eigenvalue weighted by molar-refractivity contribution is 0.414. The van der Waals surface area contributed by atoms with Crippen molar-refractivity contribution in [3.05, 3.63) is 30.3 Å². The minimum absolute atomic E-state index is 0.243. The second kappa shape index (κ2) is 6.58. The molecular formula is C15H19FN4S. The van der Waals surface area contributed by atoms with Crippen LogP contribution in [0.5, 0.6) is 0 Å². The fraction of sp³-hybridized carbons (Fsp3) is 0.467. The Morgan fingerprint density at radius 1 is 1.43 bits per heavy atom. The number of benzene rings is 1. The SMILES string of the molecule is CSNCC1CCCN(c2ncnc3cccc(F)c23)C1. The second-order valence-electron chi connectivity index (χ2n) is 5.34. The van der Waals surface area contributed by atoms with E-state index in [-0.39, 0.29) is 5.82 Å². The van der Waals surface area contributed by atoms with E-state index in [4.69, 9.17) is 0 Å². The third-order valence-electron chi connectivity index (χ3n) is 3.93. The van der Waals surface area contributed by atoms with Gasteiger partial charge < -0.3 is 4.90 Å². The topological polar surface area (TPSA) is 41.0 Å². The van der Waals surface area contributed by atoms with Gasteiger partial charge >= 0.3 is 0 Å². The molecule has 1 aliphatic heterocycles. The van der Waals surface area contributed by atoms with E-state index in [1.807, 2.05) is 12.3 Å². The number of halogens is 1. The van der Waals surface area contributed by atoms with Gasteiger partial charge in [0.1, 0.15) is 18.0 Å². The first-order chi connectivity index (χ1) is 10.3. The van der Waals surface area contributed by atoms with Crippen LogP contribution in [-0.2, 0) is 0 Å². The standard InChI is InChI=1S/C15H19FN4S/c1-21-19-8-11-4-3-7-20(9-11)15-14-12(16)5-2-6-13(14)17-10-18-15/h2,5-6,10-11,19H,3-4,7-9H2,1H3. The van der Waals surface area contributed by atoms with Crippen molar-refractivity contribution >= 4 is 28.7 Å². The van der Waals surface area contributed by atoms with Gasteiger partial charge in [0.05, 0.1) is 10.9 Å². The van der Waals surface area contributed by atoms with Crippen molar-refractivity contribution in [2.24, 2.45) is 5.92 Å². The number of rotatable bonds is 4. The van der Waals surface area contributed by atoms with Crippen molar-refractivity contribution in [1.82, 2.24) is 14.7 Å². The molecule has 0 bridgehead atoms. The molecule has 1 atom stereocenters. The van der Waals surface area contributed by atoms with Crippen LogP contribution in [0, 0.1) is 11.7 Å². The van der Waals surface area contributed by atoms with Crippen molar-refractivity contribution in [1.29, 1.82) is 0 Å². The molecule has 1 aliphatic rings. The van der Waals surface area contributed by atoms with E-state index in [0.717, 1.165) is 31.9 Å². The van der Waals surface area contributed by atoms with Crippen molar-refractivity contribution < 1.29 is 4.39 Å². The summed E-state index contributed by atoms with van der Waals surface area (Å²) in [6, 6.07) is 5.00. The Kier molecular flexibility index (Phi) is 4.55. The normalized spacial score (nSPS) is 19.1. The molecule has 21 heavy (non-hydrogen) atoms. The predicted molar refractivity (Wildman–Crippen MR) is 86.0 cm³/mol. The maximum atomic E-state index is 14.2. The Morgan fingerprint density at radius 2 is 2.33 bits per heavy atom. The first kappa shape index (κ1) is 14.5. The summed E-state index contributed by atoms with van der Waals surface area (Å²) < 4.78 is 17.5. The third kappa shape index (κ3) is 3.11. The van der Waals surface area contributed by atoms with E-state index in [9.17, 15) is 4.39 Å². The van der Waals surface area contributed by atoms with Crippen LogP contribution in [0.4, 0.5) is 10.2 Å². The van der Waals surface area contributed by atoms with Crippen molar-refractivity contribution in [3.8, 4) is 0 Å². The predicted octanol–water partition coefficient (Wildman–Crippen LogP) is 2.85. The minimum Gasteiger partial charge on any atom is -0.356 e. The lowest BCUT2D eigenvalue weighted by atomic mass is 9.98. The largest absolute Gasteiger partial charge is 0.356 e. The lowest BCUT2D eigenvalue weighted by Gasteiger charge is -2.34. The van der Waals surface area contributed by atoms with E-state index in [1.165, 1.54) is 18.8 Å². The molecule has 0 aliphatic carbocycles. The molecule has 0 radical (unpaired) electrons. The Hall–Kier alpha value is -1.40. The quantitative estimate of drug-likeness (QED) is 0.880. The number of anilines is 1. The van der Waals surface area contributed by atoms with Gasteiger partial charge in [-0.3, -0.25) is 4.72 Å². The number of nitrogens with zero attached hydrogens (tertiary/aromatic N) is 3. The van der Waals surface area contributed by atoms with Gasteiger partial charge in [0.2, 0.25) is 0 Å². The number of nitrogens with one attached hydrogen (secondary N) is 1. The van der Waals surface area contributed by atoms with Gasteiger partial charge in [0.15, 0.2) is 0 Å². The summed E-state index contributed by atoms with van der Waals surface area (Å²) >= 11 is 1.64. The molecule has 0 spiro atoms. The number of piperidine rings is 1. The third-order valence-corrected chi connectivity index (χ3v) is 4.38. The zero-order chi connectivity index (χ0) is 14.7. The smallest absolute Gasteiger partial charge is 0.142 e. The minimum atomic E-state index is -0.243. The highest BCUT2D eigenvalue weighted by atomic mass is 32.2. The highest BCUT2D eigenvalue weighted by Gasteiger charge is 2.23. The van der Waals surface area contributed by atoms with Crippen molar-refractivity contribution in [2.45, 2.75) is 12.8 Å². The number of fused-ring (bicyclic) bond motifs is 1. The van der Waals surface area contributed by atoms with E-state index in [2.05, 4.69) is 19.6 Å². The molecule has 112 valence electrons. The molecule has 6 heteroatoms. The van der Waals surface area contributed by atoms with Crippen LogP contribution in [0.3, 0.4) is 0 Å². The van der Waals surface area contributed by atoms with Gasteiger partial charge in [-0.05, 0) is 37.1 Å². The molecule has 1 fully saturated rings.